The molecule has 1 fully saturated rings. The zero-order valence-electron chi connectivity index (χ0n) is 25.8. The number of carbonyl (C=O) groups is 4. The van der Waals surface area contributed by atoms with Crippen molar-refractivity contribution in [1.29, 1.82) is 0 Å². The summed E-state index contributed by atoms with van der Waals surface area (Å²) in [5.74, 6) is -0.851. The smallest absolute Gasteiger partial charge is 0.242 e. The molecule has 0 bridgehead atoms. The number of ether oxygens (including phenoxy) is 2. The highest BCUT2D eigenvalue weighted by atomic mass is 16.5. The van der Waals surface area contributed by atoms with Crippen LogP contribution in [0.5, 0.6) is 0 Å². The number of hydrogen-bond acceptors (Lipinski definition) is 6. The maximum absolute atomic E-state index is 13.7. The van der Waals surface area contributed by atoms with Crippen LogP contribution in [0.2, 0.25) is 0 Å². The van der Waals surface area contributed by atoms with Gasteiger partial charge in [0.15, 0.2) is 0 Å². The van der Waals surface area contributed by atoms with Crippen LogP contribution in [0.25, 0.3) is 0 Å². The van der Waals surface area contributed by atoms with Crippen molar-refractivity contribution in [3.63, 3.8) is 0 Å². The summed E-state index contributed by atoms with van der Waals surface area (Å²) < 4.78 is 11.7. The van der Waals surface area contributed by atoms with Gasteiger partial charge in [-0.05, 0) is 37.7 Å². The van der Waals surface area contributed by atoms with Gasteiger partial charge in [-0.3, -0.25) is 19.2 Å². The van der Waals surface area contributed by atoms with E-state index in [-0.39, 0.29) is 54.7 Å². The molecular formula is C31H50N4O6. The molecule has 10 heteroatoms. The van der Waals surface area contributed by atoms with Gasteiger partial charge in [-0.15, -0.1) is 0 Å². The predicted octanol–water partition coefficient (Wildman–Crippen LogP) is 2.40. The summed E-state index contributed by atoms with van der Waals surface area (Å²) in [5.41, 5.74) is 1.15. The van der Waals surface area contributed by atoms with E-state index >= 15 is 0 Å². The Hall–Kier alpha value is -2.98. The SMILES string of the molecule is CCC(C)C([C@@H](CC(=O)N1CCCC1C(OC)C(C)C(=O)NC(C)Cc1ccccc1)OC)N(C)C(=O)CNC=O. The highest BCUT2D eigenvalue weighted by molar-refractivity contribution is 5.81. The summed E-state index contributed by atoms with van der Waals surface area (Å²) in [6.07, 6.45) is 2.65. The minimum atomic E-state index is -0.538. The van der Waals surface area contributed by atoms with Crippen LogP contribution >= 0.6 is 0 Å². The van der Waals surface area contributed by atoms with Crippen molar-refractivity contribution in [2.45, 2.75) is 90.1 Å². The van der Waals surface area contributed by atoms with Crippen molar-refractivity contribution < 1.29 is 28.7 Å². The third kappa shape index (κ3) is 9.53. The van der Waals surface area contributed by atoms with Gasteiger partial charge in [0.2, 0.25) is 24.1 Å². The highest BCUT2D eigenvalue weighted by Gasteiger charge is 2.42. The lowest BCUT2D eigenvalue weighted by molar-refractivity contribution is -0.145. The van der Waals surface area contributed by atoms with Crippen LogP contribution in [0.3, 0.4) is 0 Å². The number of rotatable bonds is 17. The molecule has 41 heavy (non-hydrogen) atoms. The van der Waals surface area contributed by atoms with Crippen molar-refractivity contribution in [3.8, 4) is 0 Å². The lowest BCUT2D eigenvalue weighted by Crippen LogP contribution is -2.54. The number of likely N-dealkylation sites (tertiary alicyclic amines) is 1. The molecule has 0 spiro atoms. The lowest BCUT2D eigenvalue weighted by atomic mass is 9.90. The first kappa shape index (κ1) is 34.2. The molecule has 2 N–H and O–H groups in total. The van der Waals surface area contributed by atoms with Gasteiger partial charge in [-0.25, -0.2) is 0 Å². The second kappa shape index (κ2) is 17.1. The number of benzene rings is 1. The van der Waals surface area contributed by atoms with Crippen LogP contribution in [-0.2, 0) is 35.1 Å². The Balaban J connectivity index is 2.12. The molecular weight excluding hydrogens is 524 g/mol. The summed E-state index contributed by atoms with van der Waals surface area (Å²) in [5, 5.41) is 5.53. The summed E-state index contributed by atoms with van der Waals surface area (Å²) >= 11 is 0. The summed E-state index contributed by atoms with van der Waals surface area (Å²) in [6, 6.07) is 9.38. The van der Waals surface area contributed by atoms with Gasteiger partial charge >= 0.3 is 0 Å². The fourth-order valence-electron chi connectivity index (χ4n) is 5.97. The zero-order valence-corrected chi connectivity index (χ0v) is 25.8. The molecule has 0 aliphatic carbocycles. The van der Waals surface area contributed by atoms with Gasteiger partial charge in [-0.1, -0.05) is 57.5 Å². The Bertz CT molecular complexity index is 977. The quantitative estimate of drug-likeness (QED) is 0.276. The van der Waals surface area contributed by atoms with Crippen LogP contribution in [0.1, 0.15) is 58.9 Å². The summed E-state index contributed by atoms with van der Waals surface area (Å²) in [4.78, 5) is 53.8. The minimum absolute atomic E-state index is 0.0486. The standard InChI is InChI=1S/C31H50N4O6/c1-8-21(2)29(34(5)28(38)19-32-20-36)26(40-6)18-27(37)35-16-12-15-25(35)30(41-7)23(4)31(39)33-22(3)17-24-13-10-9-11-14-24/h9-11,13-14,20-23,25-26,29-30H,8,12,15-19H2,1-7H3,(H,32,36)(H,33,39)/t21?,22?,23?,25?,26-,29?,30?/m1/s1. The molecule has 6 unspecified atom stereocenters. The average molecular weight is 575 g/mol. The van der Waals surface area contributed by atoms with Gasteiger partial charge in [0.1, 0.15) is 0 Å². The van der Waals surface area contributed by atoms with E-state index < -0.39 is 18.1 Å². The molecule has 0 aromatic heterocycles. The molecule has 0 radical (unpaired) electrons. The number of nitrogens with one attached hydrogen (secondary N) is 2. The fraction of sp³-hybridized carbons (Fsp3) is 0.677. The van der Waals surface area contributed by atoms with E-state index in [2.05, 4.69) is 10.6 Å². The second-order valence-corrected chi connectivity index (χ2v) is 11.2. The summed E-state index contributed by atoms with van der Waals surface area (Å²) in [6.45, 7) is 8.35. The topological polar surface area (TPSA) is 117 Å². The van der Waals surface area contributed by atoms with Crippen molar-refractivity contribution in [1.82, 2.24) is 20.4 Å². The Morgan fingerprint density at radius 3 is 2.39 bits per heavy atom. The third-order valence-corrected chi connectivity index (χ3v) is 8.41. The van der Waals surface area contributed by atoms with E-state index in [9.17, 15) is 19.2 Å². The number of carbonyl (C=O) groups excluding carboxylic acids is 4. The molecule has 1 aromatic rings. The van der Waals surface area contributed by atoms with Gasteiger partial charge in [-0.2, -0.15) is 0 Å². The number of hydrogen-bond donors (Lipinski definition) is 2. The number of methoxy groups -OCH3 is 2. The van der Waals surface area contributed by atoms with Crippen LogP contribution < -0.4 is 10.6 Å². The van der Waals surface area contributed by atoms with Gasteiger partial charge < -0.3 is 29.9 Å². The molecule has 4 amide bonds. The molecule has 1 saturated heterocycles. The Labute approximate surface area is 245 Å². The van der Waals surface area contributed by atoms with Crippen LogP contribution in [-0.4, -0.2) is 98.6 Å². The van der Waals surface area contributed by atoms with Crippen molar-refractivity contribution >= 4 is 24.1 Å². The first-order valence-electron chi connectivity index (χ1n) is 14.7. The molecule has 230 valence electrons. The lowest BCUT2D eigenvalue weighted by Gasteiger charge is -2.39. The molecule has 10 nitrogen and oxygen atoms in total. The Kier molecular flexibility index (Phi) is 14.3. The monoisotopic (exact) mass is 574 g/mol. The van der Waals surface area contributed by atoms with E-state index in [0.717, 1.165) is 31.2 Å². The molecule has 0 saturated carbocycles. The molecule has 7 atom stereocenters. The Morgan fingerprint density at radius 2 is 1.80 bits per heavy atom. The van der Waals surface area contributed by atoms with Crippen molar-refractivity contribution in [2.24, 2.45) is 11.8 Å². The third-order valence-electron chi connectivity index (χ3n) is 8.41. The molecule has 1 aliphatic heterocycles. The van der Waals surface area contributed by atoms with Gasteiger partial charge in [0, 0.05) is 33.9 Å². The first-order chi connectivity index (χ1) is 19.6. The Morgan fingerprint density at radius 1 is 1.12 bits per heavy atom. The number of nitrogens with zero attached hydrogens (tertiary/aromatic N) is 2. The van der Waals surface area contributed by atoms with Crippen molar-refractivity contribution in [3.05, 3.63) is 35.9 Å². The van der Waals surface area contributed by atoms with Gasteiger partial charge in [0.05, 0.1) is 43.2 Å². The number of likely N-dealkylation sites (N-methyl/N-ethyl adjacent to an activating group) is 1. The van der Waals surface area contributed by atoms with Crippen LogP contribution in [0.15, 0.2) is 30.3 Å². The average Bonchev–Trinajstić information content (AvgIpc) is 3.45. The normalized spacial score (nSPS) is 19.4. The first-order valence-corrected chi connectivity index (χ1v) is 14.7. The zero-order chi connectivity index (χ0) is 30.5. The molecule has 1 aromatic carbocycles. The van der Waals surface area contributed by atoms with E-state index in [1.54, 1.807) is 26.2 Å². The summed E-state index contributed by atoms with van der Waals surface area (Å²) in [7, 11) is 4.83. The largest absolute Gasteiger partial charge is 0.379 e. The maximum atomic E-state index is 13.7. The molecule has 1 aliphatic rings. The maximum Gasteiger partial charge on any atom is 0.242 e. The molecule has 1 heterocycles. The van der Waals surface area contributed by atoms with E-state index in [1.807, 2.05) is 62.9 Å². The van der Waals surface area contributed by atoms with E-state index in [0.29, 0.717) is 13.0 Å². The van der Waals surface area contributed by atoms with Crippen LogP contribution in [0, 0.1) is 11.8 Å². The highest BCUT2D eigenvalue weighted by Crippen LogP contribution is 2.29. The number of amides is 4. The fourth-order valence-corrected chi connectivity index (χ4v) is 5.97. The van der Waals surface area contributed by atoms with E-state index in [1.165, 1.54) is 0 Å². The predicted molar refractivity (Wildman–Crippen MR) is 158 cm³/mol. The van der Waals surface area contributed by atoms with Crippen molar-refractivity contribution in [2.75, 3.05) is 34.4 Å². The minimum Gasteiger partial charge on any atom is -0.379 e. The van der Waals surface area contributed by atoms with Crippen LogP contribution in [0.4, 0.5) is 0 Å². The van der Waals surface area contributed by atoms with E-state index in [4.69, 9.17) is 9.47 Å². The molecule has 2 rings (SSSR count). The van der Waals surface area contributed by atoms with Gasteiger partial charge in [0.25, 0.3) is 0 Å². The second-order valence-electron chi connectivity index (χ2n) is 11.2.